The second-order valence-electron chi connectivity index (χ2n) is 5.20. The summed E-state index contributed by atoms with van der Waals surface area (Å²) in [5, 5.41) is 3.48. The Morgan fingerprint density at radius 2 is 2.00 bits per heavy atom. The molecule has 1 atom stereocenters. The molecule has 0 spiro atoms. The third kappa shape index (κ3) is 5.20. The van der Waals surface area contributed by atoms with Crippen molar-refractivity contribution in [2.24, 2.45) is 0 Å². The molecule has 2 rings (SSSR count). The SMILES string of the molecule is CCCNC(C)c1ccc(OCCc2cccnc2)cc1. The summed E-state index contributed by atoms with van der Waals surface area (Å²) in [7, 11) is 0. The van der Waals surface area contributed by atoms with Crippen LogP contribution in [-0.4, -0.2) is 18.1 Å². The number of pyridine rings is 1. The Morgan fingerprint density at radius 1 is 1.19 bits per heavy atom. The Morgan fingerprint density at radius 3 is 2.67 bits per heavy atom. The fraction of sp³-hybridized carbons (Fsp3) is 0.389. The standard InChI is InChI=1S/C18H24N2O/c1-3-11-20-15(2)17-6-8-18(9-7-17)21-13-10-16-5-4-12-19-14-16/h4-9,12,14-15,20H,3,10-11,13H2,1-2H3. The molecule has 0 radical (unpaired) electrons. The van der Waals surface area contributed by atoms with E-state index < -0.39 is 0 Å². The normalized spacial score (nSPS) is 12.1. The van der Waals surface area contributed by atoms with E-state index in [1.54, 1.807) is 6.20 Å². The number of rotatable bonds is 8. The summed E-state index contributed by atoms with van der Waals surface area (Å²) in [6, 6.07) is 12.8. The topological polar surface area (TPSA) is 34.1 Å². The van der Waals surface area contributed by atoms with Gasteiger partial charge in [0.2, 0.25) is 0 Å². The van der Waals surface area contributed by atoms with Gasteiger partial charge < -0.3 is 10.1 Å². The molecule has 2 aromatic rings. The van der Waals surface area contributed by atoms with E-state index in [-0.39, 0.29) is 0 Å². The van der Waals surface area contributed by atoms with Crippen LogP contribution in [-0.2, 0) is 6.42 Å². The molecule has 21 heavy (non-hydrogen) atoms. The molecular weight excluding hydrogens is 260 g/mol. The maximum Gasteiger partial charge on any atom is 0.119 e. The molecule has 0 fully saturated rings. The Hall–Kier alpha value is -1.87. The molecule has 0 bridgehead atoms. The first-order chi connectivity index (χ1) is 10.3. The average molecular weight is 284 g/mol. The van der Waals surface area contributed by atoms with E-state index in [1.165, 1.54) is 11.1 Å². The molecule has 0 saturated heterocycles. The summed E-state index contributed by atoms with van der Waals surface area (Å²) < 4.78 is 5.78. The Labute approximate surface area is 127 Å². The number of hydrogen-bond donors (Lipinski definition) is 1. The van der Waals surface area contributed by atoms with Crippen molar-refractivity contribution in [1.29, 1.82) is 0 Å². The summed E-state index contributed by atoms with van der Waals surface area (Å²) in [5.74, 6) is 0.922. The van der Waals surface area contributed by atoms with Crippen molar-refractivity contribution in [2.75, 3.05) is 13.2 Å². The second-order valence-corrected chi connectivity index (χ2v) is 5.20. The minimum atomic E-state index is 0.384. The molecule has 1 heterocycles. The predicted octanol–water partition coefficient (Wildman–Crippen LogP) is 3.76. The van der Waals surface area contributed by atoms with Gasteiger partial charge in [-0.15, -0.1) is 0 Å². The van der Waals surface area contributed by atoms with Crippen molar-refractivity contribution in [1.82, 2.24) is 10.3 Å². The van der Waals surface area contributed by atoms with Crippen LogP contribution in [0.25, 0.3) is 0 Å². The smallest absolute Gasteiger partial charge is 0.119 e. The molecule has 3 heteroatoms. The minimum absolute atomic E-state index is 0.384. The first kappa shape index (κ1) is 15.5. The summed E-state index contributed by atoms with van der Waals surface area (Å²) in [5.41, 5.74) is 2.49. The highest BCUT2D eigenvalue weighted by Gasteiger charge is 2.04. The predicted molar refractivity (Wildman–Crippen MR) is 86.6 cm³/mol. The van der Waals surface area contributed by atoms with E-state index in [0.29, 0.717) is 12.6 Å². The van der Waals surface area contributed by atoms with Crippen LogP contribution in [0, 0.1) is 0 Å². The lowest BCUT2D eigenvalue weighted by atomic mass is 10.1. The maximum atomic E-state index is 5.78. The molecule has 0 aliphatic rings. The first-order valence-corrected chi connectivity index (χ1v) is 7.64. The molecule has 0 aliphatic heterocycles. The summed E-state index contributed by atoms with van der Waals surface area (Å²) in [6.07, 6.45) is 5.70. The monoisotopic (exact) mass is 284 g/mol. The van der Waals surface area contributed by atoms with Gasteiger partial charge in [-0.1, -0.05) is 25.1 Å². The number of aromatic nitrogens is 1. The van der Waals surface area contributed by atoms with Crippen LogP contribution in [0.2, 0.25) is 0 Å². The maximum absolute atomic E-state index is 5.78. The van der Waals surface area contributed by atoms with Crippen molar-refractivity contribution in [3.05, 3.63) is 59.9 Å². The van der Waals surface area contributed by atoms with Crippen LogP contribution in [0.3, 0.4) is 0 Å². The molecule has 0 aliphatic carbocycles. The molecule has 0 amide bonds. The molecule has 1 aromatic carbocycles. The minimum Gasteiger partial charge on any atom is -0.493 e. The number of benzene rings is 1. The first-order valence-electron chi connectivity index (χ1n) is 7.64. The third-order valence-corrected chi connectivity index (χ3v) is 3.46. The van der Waals surface area contributed by atoms with Gasteiger partial charge in [0, 0.05) is 24.9 Å². The van der Waals surface area contributed by atoms with Gasteiger partial charge in [-0.2, -0.15) is 0 Å². The van der Waals surface area contributed by atoms with E-state index in [2.05, 4.69) is 42.3 Å². The van der Waals surface area contributed by atoms with Crippen LogP contribution in [0.4, 0.5) is 0 Å². The second kappa shape index (κ2) is 8.42. The van der Waals surface area contributed by atoms with Gasteiger partial charge in [0.25, 0.3) is 0 Å². The van der Waals surface area contributed by atoms with Crippen molar-refractivity contribution < 1.29 is 4.74 Å². The molecule has 112 valence electrons. The van der Waals surface area contributed by atoms with E-state index >= 15 is 0 Å². The van der Waals surface area contributed by atoms with Crippen molar-refractivity contribution in [2.45, 2.75) is 32.7 Å². The zero-order valence-corrected chi connectivity index (χ0v) is 12.9. The number of hydrogen-bond acceptors (Lipinski definition) is 3. The lowest BCUT2D eigenvalue weighted by Gasteiger charge is -2.14. The van der Waals surface area contributed by atoms with Gasteiger partial charge in [0.05, 0.1) is 6.61 Å². The Balaban J connectivity index is 1.79. The highest BCUT2D eigenvalue weighted by molar-refractivity contribution is 5.29. The van der Waals surface area contributed by atoms with Crippen LogP contribution in [0.1, 0.15) is 37.4 Å². The largest absolute Gasteiger partial charge is 0.493 e. The van der Waals surface area contributed by atoms with Crippen molar-refractivity contribution in [3.63, 3.8) is 0 Å². The fourth-order valence-electron chi connectivity index (χ4n) is 2.16. The quantitative estimate of drug-likeness (QED) is 0.801. The van der Waals surface area contributed by atoms with E-state index in [9.17, 15) is 0 Å². The number of nitrogens with zero attached hydrogens (tertiary/aromatic N) is 1. The number of nitrogens with one attached hydrogen (secondary N) is 1. The highest BCUT2D eigenvalue weighted by Crippen LogP contribution is 2.17. The molecule has 3 nitrogen and oxygen atoms in total. The third-order valence-electron chi connectivity index (χ3n) is 3.46. The van der Waals surface area contributed by atoms with Crippen molar-refractivity contribution >= 4 is 0 Å². The van der Waals surface area contributed by atoms with Gasteiger partial charge >= 0.3 is 0 Å². The zero-order chi connectivity index (χ0) is 14.9. The van der Waals surface area contributed by atoms with Crippen LogP contribution >= 0.6 is 0 Å². The van der Waals surface area contributed by atoms with Crippen LogP contribution < -0.4 is 10.1 Å². The summed E-state index contributed by atoms with van der Waals surface area (Å²) in [6.45, 7) is 6.09. The van der Waals surface area contributed by atoms with Crippen LogP contribution in [0.15, 0.2) is 48.8 Å². The van der Waals surface area contributed by atoms with Gasteiger partial charge in [-0.05, 0) is 49.2 Å². The molecule has 1 N–H and O–H groups in total. The fourth-order valence-corrected chi connectivity index (χ4v) is 2.16. The molecular formula is C18H24N2O. The van der Waals surface area contributed by atoms with Gasteiger partial charge in [-0.3, -0.25) is 4.98 Å². The molecule has 1 unspecified atom stereocenters. The summed E-state index contributed by atoms with van der Waals surface area (Å²) in [4.78, 5) is 4.10. The lowest BCUT2D eigenvalue weighted by Crippen LogP contribution is -2.19. The molecule has 0 saturated carbocycles. The average Bonchev–Trinajstić information content (AvgIpc) is 2.54. The Bertz CT molecular complexity index is 511. The molecule has 1 aromatic heterocycles. The van der Waals surface area contributed by atoms with Gasteiger partial charge in [0.15, 0.2) is 0 Å². The van der Waals surface area contributed by atoms with Crippen LogP contribution in [0.5, 0.6) is 5.75 Å². The summed E-state index contributed by atoms with van der Waals surface area (Å²) >= 11 is 0. The lowest BCUT2D eigenvalue weighted by molar-refractivity contribution is 0.321. The van der Waals surface area contributed by atoms with E-state index in [4.69, 9.17) is 4.74 Å². The zero-order valence-electron chi connectivity index (χ0n) is 12.9. The van der Waals surface area contributed by atoms with E-state index in [1.807, 2.05) is 24.4 Å². The van der Waals surface area contributed by atoms with Crippen molar-refractivity contribution in [3.8, 4) is 5.75 Å². The van der Waals surface area contributed by atoms with Gasteiger partial charge in [-0.25, -0.2) is 0 Å². The van der Waals surface area contributed by atoms with E-state index in [0.717, 1.165) is 25.1 Å². The number of ether oxygens (including phenoxy) is 1. The Kier molecular flexibility index (Phi) is 6.22. The highest BCUT2D eigenvalue weighted by atomic mass is 16.5. The van der Waals surface area contributed by atoms with Gasteiger partial charge in [0.1, 0.15) is 5.75 Å².